The molecule has 31 heavy (non-hydrogen) atoms. The number of likely N-dealkylation sites (N-methyl/N-ethyl adjacent to an activating group) is 1. The summed E-state index contributed by atoms with van der Waals surface area (Å²) in [5, 5.41) is 0.931. The quantitative estimate of drug-likeness (QED) is 0.756. The van der Waals surface area contributed by atoms with Crippen LogP contribution in [0.15, 0.2) is 24.3 Å². The van der Waals surface area contributed by atoms with Crippen LogP contribution in [0.3, 0.4) is 0 Å². The standard InChI is InChI=1S/C22H30N4O4S/c1-24-6-8-25(9-7-24)13-17-5-10-31(28,29)22(17)14-26(15-22)21(27)20-11-16-3-4-18(30-2)12-19(16)23-20/h3-4,11-12,17,23H,5-10,13-15H2,1-2H3. The Morgan fingerprint density at radius 1 is 1.19 bits per heavy atom. The highest BCUT2D eigenvalue weighted by molar-refractivity contribution is 7.93. The molecule has 1 atom stereocenters. The van der Waals surface area contributed by atoms with Crippen molar-refractivity contribution in [3.05, 3.63) is 30.0 Å². The van der Waals surface area contributed by atoms with E-state index >= 15 is 0 Å². The van der Waals surface area contributed by atoms with Crippen molar-refractivity contribution in [2.24, 2.45) is 5.92 Å². The third-order valence-corrected chi connectivity index (χ3v) is 10.0. The Kier molecular flexibility index (Phi) is 5.02. The van der Waals surface area contributed by atoms with Gasteiger partial charge in [-0.2, -0.15) is 0 Å². The number of benzene rings is 1. The number of rotatable bonds is 4. The molecule has 4 heterocycles. The zero-order valence-corrected chi connectivity index (χ0v) is 19.0. The van der Waals surface area contributed by atoms with Crippen LogP contribution < -0.4 is 4.74 Å². The number of sulfone groups is 1. The number of amides is 1. The molecule has 0 aliphatic carbocycles. The van der Waals surface area contributed by atoms with Gasteiger partial charge in [0.1, 0.15) is 16.2 Å². The van der Waals surface area contributed by atoms with Crippen molar-refractivity contribution in [1.29, 1.82) is 0 Å². The largest absolute Gasteiger partial charge is 0.497 e. The van der Waals surface area contributed by atoms with Gasteiger partial charge in [0.05, 0.1) is 12.9 Å². The van der Waals surface area contributed by atoms with Crippen LogP contribution >= 0.6 is 0 Å². The van der Waals surface area contributed by atoms with Crippen molar-refractivity contribution in [3.63, 3.8) is 0 Å². The number of hydrogen-bond donors (Lipinski definition) is 1. The normalized spacial score (nSPS) is 25.7. The number of carbonyl (C=O) groups is 1. The Labute approximate surface area is 183 Å². The molecule has 8 nitrogen and oxygen atoms in total. The van der Waals surface area contributed by atoms with E-state index in [1.165, 1.54) is 0 Å². The van der Waals surface area contributed by atoms with Gasteiger partial charge < -0.3 is 24.4 Å². The second-order valence-electron chi connectivity index (χ2n) is 9.27. The first-order valence-corrected chi connectivity index (χ1v) is 12.6. The molecule has 2 aromatic rings. The zero-order valence-electron chi connectivity index (χ0n) is 18.1. The van der Waals surface area contributed by atoms with Crippen LogP contribution in [-0.2, 0) is 9.84 Å². The topological polar surface area (TPSA) is 85.9 Å². The molecule has 168 valence electrons. The molecule has 1 spiro atoms. The molecular formula is C22H30N4O4S. The second kappa shape index (κ2) is 7.50. The first-order chi connectivity index (χ1) is 14.8. The van der Waals surface area contributed by atoms with Crippen LogP contribution in [0.5, 0.6) is 5.75 Å². The van der Waals surface area contributed by atoms with E-state index < -0.39 is 14.6 Å². The van der Waals surface area contributed by atoms with E-state index in [4.69, 9.17) is 4.74 Å². The fourth-order valence-electron chi connectivity index (χ4n) is 5.33. The van der Waals surface area contributed by atoms with Gasteiger partial charge in [0, 0.05) is 62.8 Å². The van der Waals surface area contributed by atoms with E-state index in [0.717, 1.165) is 49.4 Å². The minimum absolute atomic E-state index is 0.0944. The number of methoxy groups -OCH3 is 1. The fourth-order valence-corrected chi connectivity index (χ4v) is 7.74. The molecular weight excluding hydrogens is 416 g/mol. The SMILES string of the molecule is COc1ccc2cc(C(=O)N3CC4(C3)C(CN3CCN(C)CC3)CCS4(=O)=O)[nH]c2c1. The maximum atomic E-state index is 13.1. The third kappa shape index (κ3) is 3.43. The predicted molar refractivity (Wildman–Crippen MR) is 119 cm³/mol. The number of carbonyl (C=O) groups excluding carboxylic acids is 1. The highest BCUT2D eigenvalue weighted by Gasteiger charge is 2.62. The van der Waals surface area contributed by atoms with E-state index in [9.17, 15) is 13.2 Å². The van der Waals surface area contributed by atoms with Gasteiger partial charge in [0.2, 0.25) is 0 Å². The lowest BCUT2D eigenvalue weighted by Crippen LogP contribution is -2.69. The van der Waals surface area contributed by atoms with E-state index in [1.807, 2.05) is 24.3 Å². The molecule has 1 aromatic heterocycles. The predicted octanol–water partition coefficient (Wildman–Crippen LogP) is 1.05. The molecule has 3 aliphatic heterocycles. The van der Waals surface area contributed by atoms with Crippen molar-refractivity contribution < 1.29 is 17.9 Å². The van der Waals surface area contributed by atoms with Crippen LogP contribution in [0, 0.1) is 5.92 Å². The second-order valence-corrected chi connectivity index (χ2v) is 11.7. The summed E-state index contributed by atoms with van der Waals surface area (Å²) in [4.78, 5) is 22.6. The number of nitrogens with zero attached hydrogens (tertiary/aromatic N) is 3. The van der Waals surface area contributed by atoms with Gasteiger partial charge in [-0.05, 0) is 37.6 Å². The summed E-state index contributed by atoms with van der Waals surface area (Å²) in [5.74, 6) is 0.915. The van der Waals surface area contributed by atoms with Gasteiger partial charge in [0.25, 0.3) is 5.91 Å². The molecule has 1 N–H and O–H groups in total. The average molecular weight is 447 g/mol. The molecule has 1 aromatic carbocycles. The maximum absolute atomic E-state index is 13.1. The number of ether oxygens (including phenoxy) is 1. The number of piperazine rings is 1. The first kappa shape index (κ1) is 20.8. The van der Waals surface area contributed by atoms with Crippen LogP contribution in [0.2, 0.25) is 0 Å². The lowest BCUT2D eigenvalue weighted by molar-refractivity contribution is 0.0386. The summed E-state index contributed by atoms with van der Waals surface area (Å²) in [7, 11) is 0.526. The van der Waals surface area contributed by atoms with E-state index in [0.29, 0.717) is 25.2 Å². The van der Waals surface area contributed by atoms with Crippen LogP contribution in [0.4, 0.5) is 0 Å². The first-order valence-electron chi connectivity index (χ1n) is 10.9. The van der Waals surface area contributed by atoms with Gasteiger partial charge in [0.15, 0.2) is 9.84 Å². The van der Waals surface area contributed by atoms with Gasteiger partial charge in [-0.3, -0.25) is 4.79 Å². The molecule has 0 radical (unpaired) electrons. The Morgan fingerprint density at radius 3 is 2.65 bits per heavy atom. The minimum atomic E-state index is -3.20. The number of nitrogens with one attached hydrogen (secondary N) is 1. The van der Waals surface area contributed by atoms with Gasteiger partial charge in [-0.15, -0.1) is 0 Å². The zero-order chi connectivity index (χ0) is 21.8. The summed E-state index contributed by atoms with van der Waals surface area (Å²) in [6.45, 7) is 5.39. The van der Waals surface area contributed by atoms with E-state index in [-0.39, 0.29) is 17.6 Å². The molecule has 5 rings (SSSR count). The van der Waals surface area contributed by atoms with Crippen LogP contribution in [0.1, 0.15) is 16.9 Å². The number of aromatic nitrogens is 1. The van der Waals surface area contributed by atoms with Crippen LogP contribution in [-0.4, -0.2) is 104 Å². The van der Waals surface area contributed by atoms with Crippen LogP contribution in [0.25, 0.3) is 10.9 Å². The summed E-state index contributed by atoms with van der Waals surface area (Å²) in [6.07, 6.45) is 0.697. The monoisotopic (exact) mass is 446 g/mol. The van der Waals surface area contributed by atoms with Crippen molar-refractivity contribution in [2.45, 2.75) is 11.2 Å². The van der Waals surface area contributed by atoms with Gasteiger partial charge >= 0.3 is 0 Å². The van der Waals surface area contributed by atoms with Crippen molar-refractivity contribution in [2.75, 3.05) is 65.7 Å². The van der Waals surface area contributed by atoms with Crippen molar-refractivity contribution >= 4 is 26.6 Å². The lowest BCUT2D eigenvalue weighted by Gasteiger charge is -2.50. The number of aromatic amines is 1. The Balaban J connectivity index is 1.31. The summed E-state index contributed by atoms with van der Waals surface area (Å²) >= 11 is 0. The summed E-state index contributed by atoms with van der Waals surface area (Å²) in [5.41, 5.74) is 1.32. The Hall–Kier alpha value is -2.10. The molecule has 0 saturated carbocycles. The molecule has 3 aliphatic rings. The Bertz CT molecular complexity index is 1100. The number of fused-ring (bicyclic) bond motifs is 1. The fraction of sp³-hybridized carbons (Fsp3) is 0.591. The number of hydrogen-bond acceptors (Lipinski definition) is 6. The van der Waals surface area contributed by atoms with Gasteiger partial charge in [-0.1, -0.05) is 0 Å². The van der Waals surface area contributed by atoms with E-state index in [2.05, 4.69) is 21.8 Å². The smallest absolute Gasteiger partial charge is 0.270 e. The minimum Gasteiger partial charge on any atom is -0.497 e. The van der Waals surface area contributed by atoms with Crippen molar-refractivity contribution in [1.82, 2.24) is 19.7 Å². The molecule has 3 saturated heterocycles. The molecule has 9 heteroatoms. The number of H-pyrrole nitrogens is 1. The highest BCUT2D eigenvalue weighted by Crippen LogP contribution is 2.45. The molecule has 0 bridgehead atoms. The van der Waals surface area contributed by atoms with Gasteiger partial charge in [-0.25, -0.2) is 8.42 Å². The number of likely N-dealkylation sites (tertiary alicyclic amines) is 1. The van der Waals surface area contributed by atoms with E-state index in [1.54, 1.807) is 12.0 Å². The maximum Gasteiger partial charge on any atom is 0.270 e. The third-order valence-electron chi connectivity index (χ3n) is 7.44. The van der Waals surface area contributed by atoms with Crippen molar-refractivity contribution in [3.8, 4) is 5.75 Å². The lowest BCUT2D eigenvalue weighted by atomic mass is 9.82. The Morgan fingerprint density at radius 2 is 1.94 bits per heavy atom. The summed E-state index contributed by atoms with van der Waals surface area (Å²) in [6, 6.07) is 7.45. The molecule has 1 amide bonds. The summed E-state index contributed by atoms with van der Waals surface area (Å²) < 4.78 is 30.5. The highest BCUT2D eigenvalue weighted by atomic mass is 32.2. The average Bonchev–Trinajstić information content (AvgIpc) is 3.26. The molecule has 3 fully saturated rings. The molecule has 1 unspecified atom stereocenters.